The first kappa shape index (κ1) is 18.8. The van der Waals surface area contributed by atoms with Gasteiger partial charge in [-0.1, -0.05) is 49.4 Å². The normalized spacial score (nSPS) is 12.4. The second-order valence-electron chi connectivity index (χ2n) is 4.97. The zero-order chi connectivity index (χ0) is 16.4. The van der Waals surface area contributed by atoms with Gasteiger partial charge in [0.15, 0.2) is 6.10 Å². The Labute approximate surface area is 141 Å². The lowest BCUT2D eigenvalue weighted by atomic mass is 10.2. The molecule has 1 unspecified atom stereocenters. The van der Waals surface area contributed by atoms with Gasteiger partial charge in [-0.05, 0) is 38.0 Å². The van der Waals surface area contributed by atoms with Crippen LogP contribution < -0.4 is 10.2 Å². The zero-order valence-corrected chi connectivity index (χ0v) is 14.5. The highest BCUT2D eigenvalue weighted by Gasteiger charge is 2.15. The molecular weight excluding hydrogens is 323 g/mol. The van der Waals surface area contributed by atoms with Crippen LogP contribution in [0.3, 0.4) is 0 Å². The minimum atomic E-state index is -0.698. The highest BCUT2D eigenvalue weighted by atomic mass is 35.5. The summed E-state index contributed by atoms with van der Waals surface area (Å²) in [6.45, 7) is 3.81. The van der Waals surface area contributed by atoms with Gasteiger partial charge >= 0.3 is 0 Å². The van der Waals surface area contributed by atoms with Gasteiger partial charge in [-0.15, -0.1) is 0 Å². The van der Waals surface area contributed by atoms with Crippen molar-refractivity contribution in [3.63, 3.8) is 0 Å². The predicted octanol–water partition coefficient (Wildman–Crippen LogP) is 4.83. The molecule has 122 valence electrons. The zero-order valence-electron chi connectivity index (χ0n) is 12.9. The van der Waals surface area contributed by atoms with Crippen LogP contribution in [0.1, 0.15) is 46.0 Å². The molecule has 0 saturated heterocycles. The maximum absolute atomic E-state index is 11.8. The first-order valence-corrected chi connectivity index (χ1v) is 8.23. The summed E-state index contributed by atoms with van der Waals surface area (Å²) in [6.07, 6.45) is 6.58. The van der Waals surface area contributed by atoms with Gasteiger partial charge in [0.05, 0.1) is 5.02 Å². The van der Waals surface area contributed by atoms with Crippen LogP contribution in [0.15, 0.2) is 23.3 Å². The molecule has 1 aromatic rings. The summed E-state index contributed by atoms with van der Waals surface area (Å²) in [5.41, 5.74) is 2.46. The molecule has 1 rings (SSSR count). The number of carbonyl (C=O) groups excluding carboxylic acids is 1. The molecule has 1 atom stereocenters. The van der Waals surface area contributed by atoms with E-state index in [0.717, 1.165) is 12.8 Å². The van der Waals surface area contributed by atoms with Gasteiger partial charge in [0.1, 0.15) is 5.75 Å². The molecule has 1 N–H and O–H groups in total. The number of nitrogens with one attached hydrogen (secondary N) is 1. The molecule has 0 aliphatic rings. The number of benzene rings is 1. The Hall–Kier alpha value is -1.26. The molecule has 6 heteroatoms. The van der Waals surface area contributed by atoms with Crippen molar-refractivity contribution in [2.45, 2.75) is 52.1 Å². The van der Waals surface area contributed by atoms with E-state index in [1.54, 1.807) is 31.3 Å². The first-order chi connectivity index (χ1) is 10.5. The van der Waals surface area contributed by atoms with Crippen LogP contribution in [0.2, 0.25) is 10.0 Å². The molecule has 0 aliphatic carbocycles. The van der Waals surface area contributed by atoms with Gasteiger partial charge in [-0.3, -0.25) is 4.79 Å². The fourth-order valence-corrected chi connectivity index (χ4v) is 2.19. The minimum Gasteiger partial charge on any atom is -0.479 e. The lowest BCUT2D eigenvalue weighted by Crippen LogP contribution is -2.33. The van der Waals surface area contributed by atoms with Crippen molar-refractivity contribution in [1.29, 1.82) is 0 Å². The maximum atomic E-state index is 11.8. The van der Waals surface area contributed by atoms with Gasteiger partial charge in [-0.2, -0.15) is 5.10 Å². The van der Waals surface area contributed by atoms with Crippen molar-refractivity contribution >= 4 is 35.3 Å². The van der Waals surface area contributed by atoms with Crippen LogP contribution in [0.4, 0.5) is 0 Å². The van der Waals surface area contributed by atoms with E-state index >= 15 is 0 Å². The number of nitrogens with zero attached hydrogens (tertiary/aromatic N) is 1. The Morgan fingerprint density at radius 2 is 2.14 bits per heavy atom. The standard InChI is InChI=1S/C16H22Cl2N2O2/c1-3-4-5-6-7-10-19-20-16(21)12(2)22-15-9-8-13(17)11-14(15)18/h8-12H,3-7H2,1-2H3,(H,20,21)/b19-10+. The minimum absolute atomic E-state index is 0.323. The van der Waals surface area contributed by atoms with Crippen LogP contribution in [-0.4, -0.2) is 18.2 Å². The van der Waals surface area contributed by atoms with Crippen LogP contribution in [0, 0.1) is 0 Å². The molecule has 0 bridgehead atoms. The van der Waals surface area contributed by atoms with Gasteiger partial charge in [-0.25, -0.2) is 5.43 Å². The summed E-state index contributed by atoms with van der Waals surface area (Å²) in [4.78, 5) is 11.8. The van der Waals surface area contributed by atoms with Crippen LogP contribution in [0.5, 0.6) is 5.75 Å². The highest BCUT2D eigenvalue weighted by molar-refractivity contribution is 6.35. The molecule has 0 saturated carbocycles. The third-order valence-electron chi connectivity index (χ3n) is 3.02. The Morgan fingerprint density at radius 3 is 2.82 bits per heavy atom. The number of halogens is 2. The summed E-state index contributed by atoms with van der Waals surface area (Å²) in [5.74, 6) is 0.0908. The lowest BCUT2D eigenvalue weighted by Gasteiger charge is -2.14. The molecule has 22 heavy (non-hydrogen) atoms. The Morgan fingerprint density at radius 1 is 1.36 bits per heavy atom. The maximum Gasteiger partial charge on any atom is 0.280 e. The van der Waals surface area contributed by atoms with Crippen LogP contribution in [0.25, 0.3) is 0 Å². The number of amides is 1. The van der Waals surface area contributed by atoms with E-state index in [0.29, 0.717) is 15.8 Å². The van der Waals surface area contributed by atoms with E-state index < -0.39 is 6.10 Å². The lowest BCUT2D eigenvalue weighted by molar-refractivity contribution is -0.127. The van der Waals surface area contributed by atoms with E-state index in [-0.39, 0.29) is 5.91 Å². The number of carbonyl (C=O) groups is 1. The van der Waals surface area contributed by atoms with Crippen molar-refractivity contribution in [2.24, 2.45) is 5.10 Å². The number of unbranched alkanes of at least 4 members (excludes halogenated alkanes) is 4. The highest BCUT2D eigenvalue weighted by Crippen LogP contribution is 2.28. The Balaban J connectivity index is 2.34. The SMILES string of the molecule is CCCCCC/C=N/NC(=O)C(C)Oc1ccc(Cl)cc1Cl. The first-order valence-electron chi connectivity index (χ1n) is 7.47. The molecule has 0 spiro atoms. The van der Waals surface area contributed by atoms with Crippen LogP contribution in [-0.2, 0) is 4.79 Å². The number of ether oxygens (including phenoxy) is 1. The average molecular weight is 345 g/mol. The second-order valence-corrected chi connectivity index (χ2v) is 5.82. The van der Waals surface area contributed by atoms with E-state index in [4.69, 9.17) is 27.9 Å². The third kappa shape index (κ3) is 7.14. The topological polar surface area (TPSA) is 50.7 Å². The van der Waals surface area contributed by atoms with Crippen molar-refractivity contribution < 1.29 is 9.53 Å². The van der Waals surface area contributed by atoms with E-state index in [9.17, 15) is 4.79 Å². The van der Waals surface area contributed by atoms with Gasteiger partial charge in [0, 0.05) is 11.2 Å². The number of rotatable bonds is 9. The molecule has 0 heterocycles. The van der Waals surface area contributed by atoms with E-state index in [1.807, 2.05) is 0 Å². The van der Waals surface area contributed by atoms with Crippen molar-refractivity contribution in [1.82, 2.24) is 5.43 Å². The molecular formula is C16H22Cl2N2O2. The molecule has 4 nitrogen and oxygen atoms in total. The third-order valence-corrected chi connectivity index (χ3v) is 3.55. The van der Waals surface area contributed by atoms with Gasteiger partial charge < -0.3 is 4.74 Å². The average Bonchev–Trinajstić information content (AvgIpc) is 2.48. The molecule has 1 aromatic carbocycles. The summed E-state index contributed by atoms with van der Waals surface area (Å²) in [6, 6.07) is 4.85. The van der Waals surface area contributed by atoms with Crippen molar-refractivity contribution in [2.75, 3.05) is 0 Å². The number of hydrogen-bond acceptors (Lipinski definition) is 3. The van der Waals surface area contributed by atoms with E-state index in [1.165, 1.54) is 19.3 Å². The molecule has 0 aliphatic heterocycles. The molecule has 0 aromatic heterocycles. The molecule has 0 radical (unpaired) electrons. The van der Waals surface area contributed by atoms with Gasteiger partial charge in [0.2, 0.25) is 0 Å². The number of hydrogen-bond donors (Lipinski definition) is 1. The summed E-state index contributed by atoms with van der Waals surface area (Å²) < 4.78 is 5.50. The summed E-state index contributed by atoms with van der Waals surface area (Å²) in [7, 11) is 0. The molecule has 1 amide bonds. The Kier molecular flexibility index (Phi) is 8.94. The van der Waals surface area contributed by atoms with Crippen LogP contribution >= 0.6 is 23.2 Å². The van der Waals surface area contributed by atoms with Gasteiger partial charge in [0.25, 0.3) is 5.91 Å². The van der Waals surface area contributed by atoms with Crippen molar-refractivity contribution in [3.05, 3.63) is 28.2 Å². The fourth-order valence-electron chi connectivity index (χ4n) is 1.74. The quantitative estimate of drug-likeness (QED) is 0.396. The fraction of sp³-hybridized carbons (Fsp3) is 0.500. The van der Waals surface area contributed by atoms with E-state index in [2.05, 4.69) is 17.5 Å². The number of hydrazone groups is 1. The Bertz CT molecular complexity index is 507. The summed E-state index contributed by atoms with van der Waals surface area (Å²) in [5, 5.41) is 4.79. The largest absolute Gasteiger partial charge is 0.479 e. The molecule has 0 fully saturated rings. The van der Waals surface area contributed by atoms with Crippen molar-refractivity contribution in [3.8, 4) is 5.75 Å². The predicted molar refractivity (Wildman–Crippen MR) is 91.9 cm³/mol. The second kappa shape index (κ2) is 10.5. The summed E-state index contributed by atoms with van der Waals surface area (Å²) >= 11 is 11.8. The monoisotopic (exact) mass is 344 g/mol. The smallest absolute Gasteiger partial charge is 0.280 e.